The molecule has 6 aromatic carbocycles. The Labute approximate surface area is 537 Å². The summed E-state index contributed by atoms with van der Waals surface area (Å²) >= 11 is 2.99. The number of hydrogen-bond acceptors (Lipinski definition) is 11. The van der Waals surface area contributed by atoms with E-state index in [0.717, 1.165) is 65.9 Å². The summed E-state index contributed by atoms with van der Waals surface area (Å²) in [6.07, 6.45) is 1.80. The smallest absolute Gasteiger partial charge is 0.251 e. The van der Waals surface area contributed by atoms with Crippen LogP contribution >= 0.6 is 22.7 Å². The minimum absolute atomic E-state index is 0.0409. The molecule has 2 saturated heterocycles. The Kier molecular flexibility index (Phi) is 19.9. The van der Waals surface area contributed by atoms with Crippen molar-refractivity contribution in [3.8, 4) is 55.9 Å². The predicted octanol–water partition coefficient (Wildman–Crippen LogP) is 13.9. The lowest BCUT2D eigenvalue weighted by molar-refractivity contribution is -0.141. The molecule has 14 nitrogen and oxygen atoms in total. The first kappa shape index (κ1) is 64.5. The number of nitrogens with one attached hydrogen (secondary N) is 4. The average molecular weight is 1240 g/mol. The van der Waals surface area contributed by atoms with Crippen molar-refractivity contribution in [2.24, 2.45) is 22.7 Å². The highest BCUT2D eigenvalue weighted by molar-refractivity contribution is 7.10. The molecule has 8 atom stereocenters. The van der Waals surface area contributed by atoms with E-state index in [2.05, 4.69) is 69.8 Å². The van der Waals surface area contributed by atoms with Crippen LogP contribution in [0.2, 0.25) is 0 Å². The Morgan fingerprint density at radius 1 is 0.533 bits per heavy atom. The van der Waals surface area contributed by atoms with Crippen molar-refractivity contribution in [2.75, 3.05) is 20.1 Å². The van der Waals surface area contributed by atoms with Crippen molar-refractivity contribution in [1.82, 2.24) is 41.0 Å². The molecule has 4 heterocycles. The van der Waals surface area contributed by atoms with Gasteiger partial charge in [-0.25, -0.2) is 9.97 Å². The summed E-state index contributed by atoms with van der Waals surface area (Å²) in [4.78, 5) is 99.3. The van der Waals surface area contributed by atoms with E-state index < -0.39 is 47.1 Å². The molecule has 10 rings (SSSR count). The van der Waals surface area contributed by atoms with Gasteiger partial charge in [0.15, 0.2) is 5.78 Å². The predicted molar refractivity (Wildman–Crippen MR) is 360 cm³/mol. The number of hydrogen-bond donors (Lipinski definition) is 4. The number of rotatable bonds is 20. The third-order valence-corrected chi connectivity index (χ3v) is 19.5. The van der Waals surface area contributed by atoms with Crippen LogP contribution < -0.4 is 21.3 Å². The summed E-state index contributed by atoms with van der Waals surface area (Å²) < 4.78 is 0. The van der Waals surface area contributed by atoms with E-state index in [4.69, 9.17) is 9.97 Å². The molecule has 8 aromatic rings. The Morgan fingerprint density at radius 2 is 0.967 bits per heavy atom. The van der Waals surface area contributed by atoms with Crippen LogP contribution in [0.1, 0.15) is 131 Å². The second-order valence-electron chi connectivity index (χ2n) is 26.2. The van der Waals surface area contributed by atoms with Gasteiger partial charge in [0.05, 0.1) is 29.5 Å². The molecule has 2 aromatic heterocycles. The maximum absolute atomic E-state index is 15.0. The zero-order valence-electron chi connectivity index (χ0n) is 53.1. The molecule has 2 aliphatic rings. The van der Waals surface area contributed by atoms with E-state index in [9.17, 15) is 28.8 Å². The van der Waals surface area contributed by atoms with E-state index in [1.165, 1.54) is 22.7 Å². The molecule has 0 bridgehead atoms. The molecule has 2 aliphatic heterocycles. The molecule has 0 unspecified atom stereocenters. The SMILES string of the molecule is CC[C@@H](C)C(=O)N[C@H](C(=O)N1C[C@@H](CC(=O)c2ccc(-c3ccc(C(=O)N[C@H]4C[C@@H](c5nc(-c6ccccc6-c6ccccc6)cs5)N(C(=O)[C@@H](NC(=O)[C@H](C)NC)C(C)(C)C)C4)cc3)cc2)C[C@H]1c1nc(-c2ccccc2-c2ccccc2)cs1)C(C)(C)C. The van der Waals surface area contributed by atoms with E-state index in [0.29, 0.717) is 36.9 Å². The van der Waals surface area contributed by atoms with Gasteiger partial charge in [0, 0.05) is 64.5 Å². The molecule has 0 aliphatic carbocycles. The maximum atomic E-state index is 15.0. The summed E-state index contributed by atoms with van der Waals surface area (Å²) in [6, 6.07) is 48.0. The monoisotopic (exact) mass is 1240 g/mol. The zero-order chi connectivity index (χ0) is 64.0. The highest BCUT2D eigenvalue weighted by atomic mass is 32.1. The van der Waals surface area contributed by atoms with Gasteiger partial charge in [-0.3, -0.25) is 28.8 Å². The van der Waals surface area contributed by atoms with Gasteiger partial charge in [0.2, 0.25) is 23.6 Å². The van der Waals surface area contributed by atoms with E-state index in [1.807, 2.05) is 168 Å². The molecule has 16 heteroatoms. The van der Waals surface area contributed by atoms with Gasteiger partial charge in [0.1, 0.15) is 22.1 Å². The van der Waals surface area contributed by atoms with Crippen LogP contribution in [-0.4, -0.2) is 99.4 Å². The van der Waals surface area contributed by atoms with Gasteiger partial charge in [0.25, 0.3) is 5.91 Å². The highest BCUT2D eigenvalue weighted by Crippen LogP contribution is 2.44. The lowest BCUT2D eigenvalue weighted by Gasteiger charge is -2.36. The summed E-state index contributed by atoms with van der Waals surface area (Å²) in [7, 11) is 1.70. The number of benzene rings is 6. The Bertz CT molecular complexity index is 3600. The van der Waals surface area contributed by atoms with E-state index in [-0.39, 0.29) is 60.1 Å². The molecule has 0 spiro atoms. The molecule has 90 heavy (non-hydrogen) atoms. The summed E-state index contributed by atoms with van der Waals surface area (Å²) in [6.45, 7) is 17.8. The molecule has 466 valence electrons. The van der Waals surface area contributed by atoms with Crippen molar-refractivity contribution in [3.05, 3.63) is 190 Å². The Morgan fingerprint density at radius 3 is 1.43 bits per heavy atom. The van der Waals surface area contributed by atoms with Crippen molar-refractivity contribution in [3.63, 3.8) is 0 Å². The van der Waals surface area contributed by atoms with E-state index in [1.54, 1.807) is 31.0 Å². The van der Waals surface area contributed by atoms with Crippen LogP contribution in [-0.2, 0) is 19.2 Å². The standard InChI is InChI=1S/C74H82N8O6S2/c1-11-45(2)66(84)79-64(73(4,5)6)71(87)81-41-47(38-61(81)69-77-59(43-89-69)57-28-20-18-26-55(57)50-22-14-12-15-23-50)39-63(83)52-34-30-48(31-35-52)49-32-36-53(37-33-49)68(86)76-54-40-62(82(42-54)72(88)65(74(7,8)9)80-67(85)46(3)75-10)70-78-60(44-90-70)58-29-21-19-27-56(58)51-24-16-13-17-25-51/h12-37,43-47,54,61-62,64-65,75H,11,38-42H2,1-10H3,(H,76,86)(H,79,84)(H,80,85)/t45-,46+,47-,54+,61+,62+,64-,65-/m1/s1. The lowest BCUT2D eigenvalue weighted by atomic mass is 9.85. The average Bonchev–Trinajstić information content (AvgIpc) is 1.78. The summed E-state index contributed by atoms with van der Waals surface area (Å²) in [5.41, 5.74) is 9.28. The normalized spacial score (nSPS) is 18.1. The summed E-state index contributed by atoms with van der Waals surface area (Å²) in [5, 5.41) is 17.9. The largest absolute Gasteiger partial charge is 0.347 e. The van der Waals surface area contributed by atoms with Gasteiger partial charge in [-0.1, -0.05) is 201 Å². The third-order valence-electron chi connectivity index (χ3n) is 17.6. The van der Waals surface area contributed by atoms with Crippen LogP contribution in [0.25, 0.3) is 55.9 Å². The molecule has 4 N–H and O–H groups in total. The van der Waals surface area contributed by atoms with Crippen molar-refractivity contribution < 1.29 is 28.8 Å². The number of thiazole rings is 2. The number of nitrogens with zero attached hydrogens (tertiary/aromatic N) is 4. The lowest BCUT2D eigenvalue weighted by Crippen LogP contribution is -2.57. The van der Waals surface area contributed by atoms with E-state index >= 15 is 0 Å². The molecule has 5 amide bonds. The van der Waals surface area contributed by atoms with Crippen molar-refractivity contribution >= 4 is 58.0 Å². The van der Waals surface area contributed by atoms with Gasteiger partial charge in [-0.15, -0.1) is 22.7 Å². The topological polar surface area (TPSA) is 183 Å². The van der Waals surface area contributed by atoms with Gasteiger partial charge in [-0.2, -0.15) is 0 Å². The van der Waals surface area contributed by atoms with Crippen molar-refractivity contribution in [2.45, 2.75) is 124 Å². The number of ketones is 1. The number of carbonyl (C=O) groups excluding carboxylic acids is 6. The highest BCUT2D eigenvalue weighted by Gasteiger charge is 2.46. The minimum atomic E-state index is -0.860. The van der Waals surface area contributed by atoms with Gasteiger partial charge < -0.3 is 31.1 Å². The van der Waals surface area contributed by atoms with Gasteiger partial charge in [-0.05, 0) is 95.5 Å². The molecular weight excluding hydrogens is 1160 g/mol. The van der Waals surface area contributed by atoms with Crippen LogP contribution in [0.15, 0.2) is 168 Å². The Balaban J connectivity index is 0.838. The fourth-order valence-electron chi connectivity index (χ4n) is 12.1. The first-order valence-electron chi connectivity index (χ1n) is 31.2. The second-order valence-corrected chi connectivity index (χ2v) is 28.0. The number of likely N-dealkylation sites (tertiary alicyclic amines) is 2. The fourth-order valence-corrected chi connectivity index (χ4v) is 13.9. The number of aromatic nitrogens is 2. The van der Waals surface area contributed by atoms with Crippen molar-refractivity contribution in [1.29, 1.82) is 0 Å². The van der Waals surface area contributed by atoms with Crippen LogP contribution in [0, 0.1) is 22.7 Å². The van der Waals surface area contributed by atoms with Crippen LogP contribution in [0.4, 0.5) is 0 Å². The Hall–Kier alpha value is -8.44. The fraction of sp³-hybridized carbons (Fsp3) is 0.351. The first-order chi connectivity index (χ1) is 43.1. The second kappa shape index (κ2) is 27.7. The minimum Gasteiger partial charge on any atom is -0.347 e. The molecular formula is C74H82N8O6S2. The van der Waals surface area contributed by atoms with Gasteiger partial charge >= 0.3 is 0 Å². The number of carbonyl (C=O) groups is 6. The quantitative estimate of drug-likeness (QED) is 0.0540. The molecule has 2 fully saturated rings. The first-order valence-corrected chi connectivity index (χ1v) is 33.0. The third kappa shape index (κ3) is 14.6. The maximum Gasteiger partial charge on any atom is 0.251 e. The number of likely N-dealkylation sites (N-methyl/N-ethyl adjacent to an activating group) is 1. The number of Topliss-reactive ketones (excluding diaryl/α,β-unsaturated/α-hetero) is 1. The van der Waals surface area contributed by atoms with Crippen LogP contribution in [0.5, 0.6) is 0 Å². The summed E-state index contributed by atoms with van der Waals surface area (Å²) in [5.74, 6) is -1.65. The molecule has 0 radical (unpaired) electrons. The molecule has 0 saturated carbocycles. The van der Waals surface area contributed by atoms with Crippen LogP contribution in [0.3, 0.4) is 0 Å². The zero-order valence-corrected chi connectivity index (χ0v) is 54.7. The number of amides is 5.